The number of carbonyl (C=O) groups excluding carboxylic acids is 1. The van der Waals surface area contributed by atoms with Gasteiger partial charge in [-0.1, -0.05) is 31.6 Å². The van der Waals surface area contributed by atoms with Gasteiger partial charge in [0, 0.05) is 13.1 Å². The highest BCUT2D eigenvalue weighted by atomic mass is 32.1. The summed E-state index contributed by atoms with van der Waals surface area (Å²) in [6, 6.07) is 2.27. The molecule has 1 aliphatic carbocycles. The third-order valence-electron chi connectivity index (χ3n) is 4.19. The Balaban J connectivity index is 2.12. The molecule has 1 fully saturated rings. The van der Waals surface area contributed by atoms with Crippen LogP contribution in [0.4, 0.5) is 0 Å². The van der Waals surface area contributed by atoms with E-state index in [1.165, 1.54) is 24.2 Å². The van der Waals surface area contributed by atoms with E-state index >= 15 is 0 Å². The molecule has 114 valence electrons. The molecule has 21 heavy (non-hydrogen) atoms. The first-order valence-corrected chi connectivity index (χ1v) is 8.32. The number of aliphatic hydroxyl groups excluding tert-OH is 1. The lowest BCUT2D eigenvalue weighted by molar-refractivity contribution is 0.0677. The van der Waals surface area contributed by atoms with Crippen LogP contribution in [0, 0.1) is 24.7 Å². The van der Waals surface area contributed by atoms with Gasteiger partial charge >= 0.3 is 0 Å². The van der Waals surface area contributed by atoms with E-state index < -0.39 is 0 Å². The Morgan fingerprint density at radius 1 is 1.52 bits per heavy atom. The number of rotatable bonds is 2. The van der Waals surface area contributed by atoms with E-state index in [-0.39, 0.29) is 12.5 Å². The molecule has 1 aliphatic rings. The minimum absolute atomic E-state index is 0.0965. The molecule has 0 spiro atoms. The smallest absolute Gasteiger partial charge is 0.263 e. The number of carbonyl (C=O) groups is 1. The first-order chi connectivity index (χ1) is 10.0. The Hall–Kier alpha value is -1.31. The van der Waals surface area contributed by atoms with Crippen molar-refractivity contribution in [3.63, 3.8) is 0 Å². The van der Waals surface area contributed by atoms with Gasteiger partial charge in [0.2, 0.25) is 0 Å². The average Bonchev–Trinajstić information content (AvgIpc) is 2.84. The predicted molar refractivity (Wildman–Crippen MR) is 86.5 cm³/mol. The van der Waals surface area contributed by atoms with Crippen molar-refractivity contribution in [3.05, 3.63) is 21.4 Å². The molecule has 1 aromatic rings. The molecule has 2 unspecified atom stereocenters. The van der Waals surface area contributed by atoms with Crippen molar-refractivity contribution in [2.45, 2.75) is 45.6 Å². The molecule has 0 bridgehead atoms. The second kappa shape index (κ2) is 7.11. The predicted octanol–water partition coefficient (Wildman–Crippen LogP) is 3.05. The van der Waals surface area contributed by atoms with Gasteiger partial charge in [0.05, 0.1) is 9.75 Å². The maximum absolute atomic E-state index is 12.6. The van der Waals surface area contributed by atoms with E-state index in [9.17, 15) is 4.79 Å². The molecule has 1 aromatic heterocycles. The minimum atomic E-state index is -0.152. The maximum Gasteiger partial charge on any atom is 0.263 e. The van der Waals surface area contributed by atoms with Crippen LogP contribution in [0.2, 0.25) is 0 Å². The molecule has 2 atom stereocenters. The third kappa shape index (κ3) is 3.87. The van der Waals surface area contributed by atoms with Gasteiger partial charge < -0.3 is 10.0 Å². The van der Waals surface area contributed by atoms with Crippen LogP contribution in [0.3, 0.4) is 0 Å². The molecule has 1 heterocycles. The summed E-state index contributed by atoms with van der Waals surface area (Å²) < 4.78 is 0. The summed E-state index contributed by atoms with van der Waals surface area (Å²) in [6.07, 6.45) is 4.69. The Labute approximate surface area is 131 Å². The number of hydrogen-bond donors (Lipinski definition) is 1. The van der Waals surface area contributed by atoms with Crippen LogP contribution < -0.4 is 0 Å². The average molecular weight is 305 g/mol. The zero-order chi connectivity index (χ0) is 15.4. The lowest BCUT2D eigenvalue weighted by atomic mass is 9.86. The van der Waals surface area contributed by atoms with Gasteiger partial charge in [-0.15, -0.1) is 11.3 Å². The lowest BCUT2D eigenvalue weighted by Gasteiger charge is -2.33. The van der Waals surface area contributed by atoms with E-state index in [1.54, 1.807) is 0 Å². The number of amides is 1. The molecule has 1 N–H and O–H groups in total. The van der Waals surface area contributed by atoms with E-state index in [0.29, 0.717) is 12.0 Å². The van der Waals surface area contributed by atoms with Crippen molar-refractivity contribution in [1.29, 1.82) is 0 Å². The highest BCUT2D eigenvalue weighted by molar-refractivity contribution is 7.14. The monoisotopic (exact) mass is 305 g/mol. The van der Waals surface area contributed by atoms with Crippen molar-refractivity contribution < 1.29 is 9.90 Å². The molecule has 0 aliphatic heterocycles. The summed E-state index contributed by atoms with van der Waals surface area (Å²) >= 11 is 1.42. The highest BCUT2D eigenvalue weighted by Gasteiger charge is 2.27. The van der Waals surface area contributed by atoms with Gasteiger partial charge in [0.25, 0.3) is 5.91 Å². The van der Waals surface area contributed by atoms with Crippen LogP contribution in [0.15, 0.2) is 6.07 Å². The molecular formula is C17H23NO2S. The first-order valence-electron chi connectivity index (χ1n) is 7.50. The van der Waals surface area contributed by atoms with E-state index in [0.717, 1.165) is 28.2 Å². The second-order valence-corrected chi connectivity index (χ2v) is 6.98. The molecule has 0 aromatic carbocycles. The fourth-order valence-electron chi connectivity index (χ4n) is 2.92. The molecule has 1 saturated carbocycles. The first kappa shape index (κ1) is 16.1. The Bertz CT molecular complexity index is 567. The summed E-state index contributed by atoms with van der Waals surface area (Å²) in [5.74, 6) is 6.36. The Kier molecular flexibility index (Phi) is 5.44. The zero-order valence-electron chi connectivity index (χ0n) is 13.0. The lowest BCUT2D eigenvalue weighted by Crippen LogP contribution is -2.39. The molecular weight excluding hydrogens is 282 g/mol. The van der Waals surface area contributed by atoms with Crippen LogP contribution in [0.25, 0.3) is 0 Å². The zero-order valence-corrected chi connectivity index (χ0v) is 13.8. The van der Waals surface area contributed by atoms with Crippen molar-refractivity contribution in [3.8, 4) is 11.8 Å². The summed E-state index contributed by atoms with van der Waals surface area (Å²) in [7, 11) is 1.92. The van der Waals surface area contributed by atoms with Crippen molar-refractivity contribution >= 4 is 17.2 Å². The quantitative estimate of drug-likeness (QED) is 0.853. The van der Waals surface area contributed by atoms with E-state index in [1.807, 2.05) is 24.9 Å². The molecule has 0 saturated heterocycles. The Morgan fingerprint density at radius 2 is 2.29 bits per heavy atom. The van der Waals surface area contributed by atoms with Crippen LogP contribution in [-0.2, 0) is 0 Å². The fourth-order valence-corrected chi connectivity index (χ4v) is 3.95. The summed E-state index contributed by atoms with van der Waals surface area (Å²) in [6.45, 7) is 4.07. The highest BCUT2D eigenvalue weighted by Crippen LogP contribution is 2.29. The van der Waals surface area contributed by atoms with Gasteiger partial charge in [0.1, 0.15) is 6.61 Å². The van der Waals surface area contributed by atoms with Crippen LogP contribution in [0.5, 0.6) is 0 Å². The Morgan fingerprint density at radius 3 is 2.95 bits per heavy atom. The SMILES string of the molecule is Cc1cc(C(=O)N(C)C2CCCC(C)C2)sc1C#CCO. The van der Waals surface area contributed by atoms with Crippen LogP contribution >= 0.6 is 11.3 Å². The minimum Gasteiger partial charge on any atom is -0.384 e. The molecule has 4 heteroatoms. The number of hydrogen-bond acceptors (Lipinski definition) is 3. The van der Waals surface area contributed by atoms with E-state index in [4.69, 9.17) is 5.11 Å². The van der Waals surface area contributed by atoms with Gasteiger partial charge in [-0.2, -0.15) is 0 Å². The topological polar surface area (TPSA) is 40.5 Å². The van der Waals surface area contributed by atoms with Gasteiger partial charge in [-0.3, -0.25) is 4.79 Å². The summed E-state index contributed by atoms with van der Waals surface area (Å²) in [4.78, 5) is 16.2. The molecule has 2 rings (SSSR count). The number of nitrogens with zero attached hydrogens (tertiary/aromatic N) is 1. The second-order valence-electron chi connectivity index (χ2n) is 5.92. The van der Waals surface area contributed by atoms with Crippen molar-refractivity contribution in [2.24, 2.45) is 5.92 Å². The summed E-state index contributed by atoms with van der Waals surface area (Å²) in [5, 5.41) is 8.77. The number of aryl methyl sites for hydroxylation is 1. The van der Waals surface area contributed by atoms with Crippen LogP contribution in [0.1, 0.15) is 52.7 Å². The van der Waals surface area contributed by atoms with Gasteiger partial charge in [-0.05, 0) is 37.3 Å². The normalized spacial score (nSPS) is 21.5. The van der Waals surface area contributed by atoms with Gasteiger partial charge in [-0.25, -0.2) is 0 Å². The largest absolute Gasteiger partial charge is 0.384 e. The third-order valence-corrected chi connectivity index (χ3v) is 5.33. The van der Waals surface area contributed by atoms with Gasteiger partial charge in [0.15, 0.2) is 0 Å². The van der Waals surface area contributed by atoms with Crippen molar-refractivity contribution in [2.75, 3.05) is 13.7 Å². The maximum atomic E-state index is 12.6. The molecule has 0 radical (unpaired) electrons. The fraction of sp³-hybridized carbons (Fsp3) is 0.588. The standard InChI is InChI=1S/C17H23NO2S/c1-12-6-4-7-14(10-12)18(3)17(20)16-11-13(2)15(21-16)8-5-9-19/h11-12,14,19H,4,6-7,9-10H2,1-3H3. The van der Waals surface area contributed by atoms with Crippen LogP contribution in [-0.4, -0.2) is 35.6 Å². The summed E-state index contributed by atoms with van der Waals surface area (Å²) in [5.41, 5.74) is 1.01. The van der Waals surface area contributed by atoms with Crippen molar-refractivity contribution in [1.82, 2.24) is 4.90 Å². The molecule has 3 nitrogen and oxygen atoms in total. The molecule has 1 amide bonds. The number of thiophene rings is 1. The van der Waals surface area contributed by atoms with E-state index in [2.05, 4.69) is 18.8 Å². The number of aliphatic hydroxyl groups is 1.